The summed E-state index contributed by atoms with van der Waals surface area (Å²) in [5.74, 6) is 1.30. The Morgan fingerprint density at radius 2 is 1.88 bits per heavy atom. The normalized spacial score (nSPS) is 19.7. The lowest BCUT2D eigenvalue weighted by atomic mass is 9.97. The molecule has 0 N–H and O–H groups in total. The average Bonchev–Trinajstić information content (AvgIpc) is 2.87. The van der Waals surface area contributed by atoms with Gasteiger partial charge < -0.3 is 24.0 Å². The summed E-state index contributed by atoms with van der Waals surface area (Å²) >= 11 is 6.57. The summed E-state index contributed by atoms with van der Waals surface area (Å²) in [4.78, 5) is 24.8. The topological polar surface area (TPSA) is 77.0 Å². The van der Waals surface area contributed by atoms with Gasteiger partial charge in [-0.2, -0.15) is 9.97 Å². The first-order valence-corrected chi connectivity index (χ1v) is 11.5. The summed E-state index contributed by atoms with van der Waals surface area (Å²) in [6.07, 6.45) is 0.586. The van der Waals surface area contributed by atoms with Crippen LogP contribution in [0.25, 0.3) is 10.8 Å². The van der Waals surface area contributed by atoms with Gasteiger partial charge in [0.25, 0.3) is 5.88 Å². The first kappa shape index (κ1) is 22.3. The monoisotopic (exact) mass is 480 g/mol. The van der Waals surface area contributed by atoms with E-state index in [1.54, 1.807) is 4.90 Å². The molecule has 8 nitrogen and oxygen atoms in total. The van der Waals surface area contributed by atoms with E-state index in [2.05, 4.69) is 21.4 Å². The number of benzene rings is 2. The molecule has 1 fully saturated rings. The summed E-state index contributed by atoms with van der Waals surface area (Å²) in [5.41, 5.74) is 0.928. The molecule has 1 aromatic heterocycles. The molecular weight excluding hydrogens is 456 g/mol. The zero-order valence-electron chi connectivity index (χ0n) is 19.0. The number of carbonyl (C=O) groups excluding carboxylic acids is 1. The molecule has 1 saturated heterocycles. The van der Waals surface area contributed by atoms with Gasteiger partial charge in [-0.25, -0.2) is 0 Å². The van der Waals surface area contributed by atoms with Crippen molar-refractivity contribution >= 4 is 34.1 Å². The van der Waals surface area contributed by atoms with E-state index >= 15 is 0 Å². The minimum Gasteiger partial charge on any atom is -0.478 e. The van der Waals surface area contributed by atoms with Gasteiger partial charge in [0.1, 0.15) is 6.10 Å². The number of methoxy groups -OCH3 is 1. The number of anilines is 1. The molecule has 0 aliphatic carbocycles. The molecule has 3 aromatic rings. The second-order valence-corrected chi connectivity index (χ2v) is 8.64. The van der Waals surface area contributed by atoms with E-state index in [0.717, 1.165) is 16.3 Å². The van der Waals surface area contributed by atoms with Crippen LogP contribution in [0, 0.1) is 0 Å². The van der Waals surface area contributed by atoms with E-state index in [1.165, 1.54) is 13.2 Å². The first-order valence-electron chi connectivity index (χ1n) is 11.1. The largest absolute Gasteiger partial charge is 0.478 e. The van der Waals surface area contributed by atoms with Crippen molar-refractivity contribution in [2.45, 2.75) is 19.1 Å². The van der Waals surface area contributed by atoms with Gasteiger partial charge in [-0.15, -0.1) is 0 Å². The second-order valence-electron chi connectivity index (χ2n) is 8.23. The molecular formula is C25H25ClN4O4. The number of rotatable bonds is 4. The van der Waals surface area contributed by atoms with Crippen molar-refractivity contribution in [3.05, 3.63) is 59.6 Å². The third-order valence-corrected chi connectivity index (χ3v) is 6.52. The van der Waals surface area contributed by atoms with Crippen LogP contribution in [0.4, 0.5) is 5.82 Å². The molecule has 2 aliphatic heterocycles. The molecule has 2 aromatic carbocycles. The fourth-order valence-corrected chi connectivity index (χ4v) is 4.79. The summed E-state index contributed by atoms with van der Waals surface area (Å²) in [6.45, 7) is 7.82. The van der Waals surface area contributed by atoms with Gasteiger partial charge in [0.2, 0.25) is 11.7 Å². The Morgan fingerprint density at radius 1 is 1.15 bits per heavy atom. The summed E-state index contributed by atoms with van der Waals surface area (Å²) in [5, 5.41) is 2.61. The predicted molar refractivity (Wildman–Crippen MR) is 130 cm³/mol. The fraction of sp³-hybridized carbons (Fsp3) is 0.320. The standard InChI is InChI=1S/C25H25ClN4O4/c1-4-19(31)29-11-13-30(14-12-29)23-22-24(28-25(27-23)32-3)34-21(15(2)33-22)17-9-5-7-16-8-6-10-18(26)20(16)17/h4-10,15,21H,1,11-14H2,2-3H3/t15-,21?/m1/s1. The lowest BCUT2D eigenvalue weighted by molar-refractivity contribution is -0.126. The van der Waals surface area contributed by atoms with Crippen molar-refractivity contribution in [2.75, 3.05) is 38.2 Å². The van der Waals surface area contributed by atoms with E-state index in [0.29, 0.717) is 48.6 Å². The zero-order valence-corrected chi connectivity index (χ0v) is 19.8. The van der Waals surface area contributed by atoms with Gasteiger partial charge in [0, 0.05) is 42.2 Å². The number of halogens is 1. The van der Waals surface area contributed by atoms with Gasteiger partial charge in [0.15, 0.2) is 11.9 Å². The van der Waals surface area contributed by atoms with Crippen molar-refractivity contribution in [2.24, 2.45) is 0 Å². The van der Waals surface area contributed by atoms with Gasteiger partial charge in [-0.1, -0.05) is 48.5 Å². The average molecular weight is 481 g/mol. The molecule has 2 atom stereocenters. The van der Waals surface area contributed by atoms with E-state index < -0.39 is 6.10 Å². The highest BCUT2D eigenvalue weighted by Gasteiger charge is 2.37. The Labute approximate surface area is 202 Å². The molecule has 34 heavy (non-hydrogen) atoms. The Morgan fingerprint density at radius 3 is 2.59 bits per heavy atom. The van der Waals surface area contributed by atoms with Crippen LogP contribution >= 0.6 is 11.6 Å². The van der Waals surface area contributed by atoms with Crippen LogP contribution in [0.15, 0.2) is 49.1 Å². The van der Waals surface area contributed by atoms with Crippen molar-refractivity contribution in [3.8, 4) is 17.6 Å². The minimum atomic E-state index is -0.425. The summed E-state index contributed by atoms with van der Waals surface area (Å²) in [7, 11) is 1.51. The molecule has 2 aliphatic rings. The molecule has 1 amide bonds. The van der Waals surface area contributed by atoms with Crippen LogP contribution in [0.2, 0.25) is 5.02 Å². The van der Waals surface area contributed by atoms with Gasteiger partial charge >= 0.3 is 6.01 Å². The smallest absolute Gasteiger partial charge is 0.321 e. The highest BCUT2D eigenvalue weighted by atomic mass is 35.5. The predicted octanol–water partition coefficient (Wildman–Crippen LogP) is 4.03. The summed E-state index contributed by atoms with van der Waals surface area (Å²) < 4.78 is 18.2. The van der Waals surface area contributed by atoms with E-state index in [9.17, 15) is 4.79 Å². The quantitative estimate of drug-likeness (QED) is 0.522. The van der Waals surface area contributed by atoms with Gasteiger partial charge in [-0.3, -0.25) is 4.79 Å². The van der Waals surface area contributed by atoms with Gasteiger partial charge in [0.05, 0.1) is 7.11 Å². The maximum Gasteiger partial charge on any atom is 0.321 e. The highest BCUT2D eigenvalue weighted by Crippen LogP contribution is 2.46. The number of hydrogen-bond donors (Lipinski definition) is 0. The first-order chi connectivity index (χ1) is 16.5. The molecule has 0 radical (unpaired) electrons. The van der Waals surface area contributed by atoms with Crippen LogP contribution in [0.5, 0.6) is 17.6 Å². The van der Waals surface area contributed by atoms with Crippen LogP contribution in [0.1, 0.15) is 18.6 Å². The SMILES string of the molecule is C=CC(=O)N1CCN(c2nc(OC)nc3c2O[C@H](C)C(c2cccc4cccc(Cl)c24)O3)CC1. The third-order valence-electron chi connectivity index (χ3n) is 6.21. The molecule has 5 rings (SSSR count). The molecule has 176 valence electrons. The number of aromatic nitrogens is 2. The number of ether oxygens (including phenoxy) is 3. The number of amides is 1. The maximum absolute atomic E-state index is 12.0. The Hall–Kier alpha value is -3.52. The Balaban J connectivity index is 1.50. The van der Waals surface area contributed by atoms with E-state index in [4.69, 9.17) is 25.8 Å². The summed E-state index contributed by atoms with van der Waals surface area (Å²) in [6, 6.07) is 12.0. The van der Waals surface area contributed by atoms with Crippen molar-refractivity contribution in [1.82, 2.24) is 14.9 Å². The Kier molecular flexibility index (Phi) is 5.91. The highest BCUT2D eigenvalue weighted by molar-refractivity contribution is 6.35. The number of fused-ring (bicyclic) bond motifs is 2. The van der Waals surface area contributed by atoms with Crippen LogP contribution in [-0.4, -0.2) is 60.2 Å². The van der Waals surface area contributed by atoms with E-state index in [1.807, 2.05) is 43.3 Å². The van der Waals surface area contributed by atoms with E-state index in [-0.39, 0.29) is 18.0 Å². The zero-order chi connectivity index (χ0) is 23.8. The van der Waals surface area contributed by atoms with Crippen molar-refractivity contribution < 1.29 is 19.0 Å². The number of nitrogens with zero attached hydrogens (tertiary/aromatic N) is 4. The van der Waals surface area contributed by atoms with Gasteiger partial charge in [-0.05, 0) is 24.5 Å². The lowest BCUT2D eigenvalue weighted by Crippen LogP contribution is -2.49. The van der Waals surface area contributed by atoms with Crippen molar-refractivity contribution in [3.63, 3.8) is 0 Å². The molecule has 3 heterocycles. The number of carbonyl (C=O) groups is 1. The second kappa shape index (κ2) is 9.02. The third kappa shape index (κ3) is 3.88. The molecule has 0 spiro atoms. The molecule has 0 bridgehead atoms. The molecule has 1 unspecified atom stereocenters. The minimum absolute atomic E-state index is 0.0771. The fourth-order valence-electron chi connectivity index (χ4n) is 4.50. The molecule has 9 heteroatoms. The van der Waals surface area contributed by atoms with Crippen molar-refractivity contribution in [1.29, 1.82) is 0 Å². The number of piperazine rings is 1. The maximum atomic E-state index is 12.0. The van der Waals surface area contributed by atoms with Crippen LogP contribution in [0.3, 0.4) is 0 Å². The lowest BCUT2D eigenvalue weighted by Gasteiger charge is -2.38. The Bertz CT molecular complexity index is 1250. The number of hydrogen-bond acceptors (Lipinski definition) is 7. The van der Waals surface area contributed by atoms with Crippen LogP contribution in [-0.2, 0) is 4.79 Å². The molecule has 0 saturated carbocycles. The van der Waals surface area contributed by atoms with Crippen LogP contribution < -0.4 is 19.1 Å².